The standard InChI is InChI=1S/C8H15ClO/c1-2-3-4-5-7-8(6-9)10-7/h7-8H,2-6H2,1H3. The predicted octanol–water partition coefficient (Wildman–Crippen LogP) is 2.57. The maximum absolute atomic E-state index is 5.58. The largest absolute Gasteiger partial charge is 0.368 e. The molecule has 0 aromatic rings. The van der Waals surface area contributed by atoms with Crippen LogP contribution in [0.4, 0.5) is 0 Å². The molecular formula is C8H15ClO. The molecule has 1 aliphatic heterocycles. The van der Waals surface area contributed by atoms with Crippen LogP contribution in [0.15, 0.2) is 0 Å². The highest BCUT2D eigenvalue weighted by Gasteiger charge is 2.36. The molecule has 1 saturated heterocycles. The third-order valence-electron chi connectivity index (χ3n) is 1.93. The molecule has 1 fully saturated rings. The van der Waals surface area contributed by atoms with Crippen molar-refractivity contribution in [1.82, 2.24) is 0 Å². The van der Waals surface area contributed by atoms with Crippen molar-refractivity contribution in [2.24, 2.45) is 0 Å². The highest BCUT2D eigenvalue weighted by Crippen LogP contribution is 2.27. The van der Waals surface area contributed by atoms with Gasteiger partial charge in [0.15, 0.2) is 0 Å². The number of unbranched alkanes of at least 4 members (excludes halogenated alkanes) is 2. The Bertz CT molecular complexity index is 95.3. The van der Waals surface area contributed by atoms with Crippen molar-refractivity contribution in [2.45, 2.75) is 44.8 Å². The number of epoxide rings is 1. The van der Waals surface area contributed by atoms with E-state index in [1.54, 1.807) is 0 Å². The lowest BCUT2D eigenvalue weighted by atomic mass is 10.1. The molecule has 0 aromatic heterocycles. The summed E-state index contributed by atoms with van der Waals surface area (Å²) in [5.41, 5.74) is 0. The monoisotopic (exact) mass is 162 g/mol. The third-order valence-corrected chi connectivity index (χ3v) is 2.24. The summed E-state index contributed by atoms with van der Waals surface area (Å²) in [6.07, 6.45) is 6.02. The Morgan fingerprint density at radius 1 is 1.30 bits per heavy atom. The van der Waals surface area contributed by atoms with Gasteiger partial charge in [-0.3, -0.25) is 0 Å². The molecule has 1 heterocycles. The minimum absolute atomic E-state index is 0.388. The van der Waals surface area contributed by atoms with Crippen molar-refractivity contribution in [3.8, 4) is 0 Å². The summed E-state index contributed by atoms with van der Waals surface area (Å²) in [5, 5.41) is 0. The molecule has 0 aliphatic carbocycles. The Morgan fingerprint density at radius 2 is 2.10 bits per heavy atom. The summed E-state index contributed by atoms with van der Waals surface area (Å²) < 4.78 is 5.28. The van der Waals surface area contributed by atoms with Gasteiger partial charge in [-0.05, 0) is 6.42 Å². The molecule has 0 N–H and O–H groups in total. The minimum atomic E-state index is 0.388. The van der Waals surface area contributed by atoms with E-state index in [4.69, 9.17) is 16.3 Å². The smallest absolute Gasteiger partial charge is 0.0976 e. The molecule has 60 valence electrons. The van der Waals surface area contributed by atoms with Crippen molar-refractivity contribution in [3.63, 3.8) is 0 Å². The fourth-order valence-electron chi connectivity index (χ4n) is 1.16. The zero-order chi connectivity index (χ0) is 7.40. The van der Waals surface area contributed by atoms with Crippen LogP contribution in [-0.4, -0.2) is 18.1 Å². The van der Waals surface area contributed by atoms with E-state index in [-0.39, 0.29) is 0 Å². The molecule has 0 aromatic carbocycles. The number of alkyl halides is 1. The highest BCUT2D eigenvalue weighted by molar-refractivity contribution is 6.18. The lowest BCUT2D eigenvalue weighted by Crippen LogP contribution is -1.94. The van der Waals surface area contributed by atoms with Gasteiger partial charge in [-0.15, -0.1) is 11.6 Å². The Balaban J connectivity index is 1.87. The molecular weight excluding hydrogens is 148 g/mol. The van der Waals surface area contributed by atoms with Crippen molar-refractivity contribution >= 4 is 11.6 Å². The second kappa shape index (κ2) is 4.20. The fraction of sp³-hybridized carbons (Fsp3) is 1.00. The van der Waals surface area contributed by atoms with Crippen LogP contribution in [0.2, 0.25) is 0 Å². The summed E-state index contributed by atoms with van der Waals surface area (Å²) in [7, 11) is 0. The van der Waals surface area contributed by atoms with E-state index in [0.717, 1.165) is 0 Å². The van der Waals surface area contributed by atoms with Gasteiger partial charge in [0.25, 0.3) is 0 Å². The lowest BCUT2D eigenvalue weighted by molar-refractivity contribution is 0.366. The topological polar surface area (TPSA) is 12.5 Å². The molecule has 1 rings (SSSR count). The zero-order valence-corrected chi connectivity index (χ0v) is 7.23. The summed E-state index contributed by atoms with van der Waals surface area (Å²) in [6.45, 7) is 2.22. The molecule has 0 saturated carbocycles. The average Bonchev–Trinajstić information content (AvgIpc) is 2.68. The van der Waals surface area contributed by atoms with E-state index in [0.29, 0.717) is 18.1 Å². The van der Waals surface area contributed by atoms with Crippen LogP contribution < -0.4 is 0 Å². The van der Waals surface area contributed by atoms with Gasteiger partial charge in [-0.1, -0.05) is 26.2 Å². The molecule has 0 bridgehead atoms. The van der Waals surface area contributed by atoms with E-state index in [1.165, 1.54) is 25.7 Å². The van der Waals surface area contributed by atoms with Crippen molar-refractivity contribution in [2.75, 3.05) is 5.88 Å². The number of hydrogen-bond acceptors (Lipinski definition) is 1. The molecule has 0 spiro atoms. The third kappa shape index (κ3) is 2.47. The van der Waals surface area contributed by atoms with Crippen LogP contribution in [0.25, 0.3) is 0 Å². The van der Waals surface area contributed by atoms with Gasteiger partial charge in [-0.2, -0.15) is 0 Å². The first-order chi connectivity index (χ1) is 4.88. The van der Waals surface area contributed by atoms with Crippen LogP contribution in [0, 0.1) is 0 Å². The van der Waals surface area contributed by atoms with Gasteiger partial charge in [0, 0.05) is 0 Å². The predicted molar refractivity (Wildman–Crippen MR) is 43.5 cm³/mol. The first-order valence-corrected chi connectivity index (χ1v) is 4.63. The lowest BCUT2D eigenvalue weighted by Gasteiger charge is -1.92. The van der Waals surface area contributed by atoms with Crippen LogP contribution in [-0.2, 0) is 4.74 Å². The van der Waals surface area contributed by atoms with Crippen molar-refractivity contribution in [1.29, 1.82) is 0 Å². The van der Waals surface area contributed by atoms with Gasteiger partial charge in [0.05, 0.1) is 18.1 Å². The van der Waals surface area contributed by atoms with E-state index in [1.807, 2.05) is 0 Å². The highest BCUT2D eigenvalue weighted by atomic mass is 35.5. The van der Waals surface area contributed by atoms with Gasteiger partial charge < -0.3 is 4.74 Å². The Kier molecular flexibility index (Phi) is 3.50. The van der Waals surface area contributed by atoms with Gasteiger partial charge in [-0.25, -0.2) is 0 Å². The van der Waals surface area contributed by atoms with E-state index in [9.17, 15) is 0 Å². The summed E-state index contributed by atoms with van der Waals surface area (Å²) in [4.78, 5) is 0. The Hall–Kier alpha value is 0.250. The molecule has 0 radical (unpaired) electrons. The van der Waals surface area contributed by atoms with Crippen molar-refractivity contribution in [3.05, 3.63) is 0 Å². The van der Waals surface area contributed by atoms with Crippen LogP contribution in [0.1, 0.15) is 32.6 Å². The first-order valence-electron chi connectivity index (χ1n) is 4.10. The number of hydrogen-bond donors (Lipinski definition) is 0. The minimum Gasteiger partial charge on any atom is -0.368 e. The van der Waals surface area contributed by atoms with Crippen LogP contribution in [0.3, 0.4) is 0 Å². The van der Waals surface area contributed by atoms with Gasteiger partial charge >= 0.3 is 0 Å². The maximum atomic E-state index is 5.58. The SMILES string of the molecule is CCCCCC1OC1CCl. The summed E-state index contributed by atoms with van der Waals surface area (Å²) in [6, 6.07) is 0. The fourth-order valence-corrected chi connectivity index (χ4v) is 1.44. The van der Waals surface area contributed by atoms with E-state index in [2.05, 4.69) is 6.92 Å². The van der Waals surface area contributed by atoms with Crippen molar-refractivity contribution < 1.29 is 4.74 Å². The molecule has 2 atom stereocenters. The molecule has 2 unspecified atom stereocenters. The molecule has 10 heavy (non-hydrogen) atoms. The molecule has 2 heteroatoms. The molecule has 1 aliphatic rings. The van der Waals surface area contributed by atoms with Gasteiger partial charge in [0.2, 0.25) is 0 Å². The quantitative estimate of drug-likeness (QED) is 0.344. The maximum Gasteiger partial charge on any atom is 0.0976 e. The second-order valence-corrected chi connectivity index (χ2v) is 3.17. The molecule has 0 amide bonds. The van der Waals surface area contributed by atoms with E-state index >= 15 is 0 Å². The normalized spacial score (nSPS) is 30.6. The Morgan fingerprint density at radius 3 is 2.60 bits per heavy atom. The average molecular weight is 163 g/mol. The van der Waals surface area contributed by atoms with Gasteiger partial charge in [0.1, 0.15) is 0 Å². The molecule has 1 nitrogen and oxygen atoms in total. The first kappa shape index (κ1) is 8.35. The number of ether oxygens (including phenoxy) is 1. The number of rotatable bonds is 5. The van der Waals surface area contributed by atoms with E-state index < -0.39 is 0 Å². The zero-order valence-electron chi connectivity index (χ0n) is 6.48. The van der Waals surface area contributed by atoms with Crippen LogP contribution >= 0.6 is 11.6 Å². The summed E-state index contributed by atoms with van der Waals surface area (Å²) in [5.74, 6) is 0.677. The number of halogens is 1. The Labute approximate surface area is 67.7 Å². The van der Waals surface area contributed by atoms with Crippen LogP contribution in [0.5, 0.6) is 0 Å². The summed E-state index contributed by atoms with van der Waals surface area (Å²) >= 11 is 5.58. The second-order valence-electron chi connectivity index (χ2n) is 2.86.